The van der Waals surface area contributed by atoms with Gasteiger partial charge < -0.3 is 18.4 Å². The zero-order valence-corrected chi connectivity index (χ0v) is 20.5. The van der Waals surface area contributed by atoms with Crippen LogP contribution >= 0.6 is 0 Å². The van der Waals surface area contributed by atoms with Crippen LogP contribution in [0, 0.1) is 5.92 Å². The molecule has 0 bridgehead atoms. The van der Waals surface area contributed by atoms with E-state index in [9.17, 15) is 0 Å². The van der Waals surface area contributed by atoms with Crippen LogP contribution in [0.1, 0.15) is 46.0 Å². The number of nitrogens with two attached hydrogens (primary N) is 1. The maximum Gasteiger partial charge on any atom is 0.325 e. The molecule has 0 aromatic carbocycles. The molecule has 0 amide bonds. The first-order valence-corrected chi connectivity index (χ1v) is 18.1. The summed E-state index contributed by atoms with van der Waals surface area (Å²) in [6, 6.07) is 2.02. The van der Waals surface area contributed by atoms with E-state index >= 15 is 0 Å². The molecule has 0 aromatic heterocycles. The summed E-state index contributed by atoms with van der Waals surface area (Å²) in [7, 11) is -4.28. The van der Waals surface area contributed by atoms with Gasteiger partial charge in [0.1, 0.15) is 0 Å². The fourth-order valence-electron chi connectivity index (χ4n) is 3.25. The van der Waals surface area contributed by atoms with E-state index < -0.39 is 25.4 Å². The lowest BCUT2D eigenvalue weighted by Gasteiger charge is -2.40. The molecule has 0 saturated heterocycles. The number of hydrogen-bond donors (Lipinski definition) is 1. The number of hydrogen-bond acceptors (Lipinski definition) is 4. The first-order chi connectivity index (χ1) is 11.0. The third-order valence-electron chi connectivity index (χ3n) is 4.33. The Morgan fingerprint density at radius 2 is 1.46 bits per heavy atom. The van der Waals surface area contributed by atoms with Crippen LogP contribution in [0.5, 0.6) is 0 Å². The largest absolute Gasteiger partial charge is 0.437 e. The molecule has 0 aliphatic carbocycles. The van der Waals surface area contributed by atoms with Crippen molar-refractivity contribution in [1.29, 1.82) is 0 Å². The Bertz CT molecular complexity index is 342. The van der Waals surface area contributed by atoms with Crippen LogP contribution in [0.15, 0.2) is 0 Å². The third-order valence-corrected chi connectivity index (χ3v) is 15.3. The molecule has 3 atom stereocenters. The van der Waals surface area contributed by atoms with Gasteiger partial charge in [-0.3, -0.25) is 0 Å². The number of rotatable bonds is 14. The first-order valence-electron chi connectivity index (χ1n) is 9.65. The zero-order valence-electron chi connectivity index (χ0n) is 17.5. The SMILES string of the molecule is CCCC(C)CCC[Si](C)(O[Si](C)(C)C)O[Si](C)(CCCN)OC. The lowest BCUT2D eigenvalue weighted by Crippen LogP contribution is -2.55. The predicted molar refractivity (Wildman–Crippen MR) is 112 cm³/mol. The summed E-state index contributed by atoms with van der Waals surface area (Å²) in [5, 5.41) is 0. The summed E-state index contributed by atoms with van der Waals surface area (Å²) in [6.07, 6.45) is 6.00. The van der Waals surface area contributed by atoms with Gasteiger partial charge in [-0.1, -0.05) is 39.5 Å². The van der Waals surface area contributed by atoms with Gasteiger partial charge in [-0.05, 0) is 63.7 Å². The normalized spacial score (nSPS) is 18.9. The lowest BCUT2D eigenvalue weighted by atomic mass is 10.0. The second-order valence-electron chi connectivity index (χ2n) is 8.47. The maximum atomic E-state index is 6.71. The summed E-state index contributed by atoms with van der Waals surface area (Å²) in [5.41, 5.74) is 5.70. The van der Waals surface area contributed by atoms with E-state index in [0.29, 0.717) is 6.54 Å². The Kier molecular flexibility index (Phi) is 11.5. The van der Waals surface area contributed by atoms with E-state index in [1.807, 2.05) is 0 Å². The molecule has 0 aliphatic rings. The highest BCUT2D eigenvalue weighted by atomic mass is 28.5. The lowest BCUT2D eigenvalue weighted by molar-refractivity contribution is 0.266. The van der Waals surface area contributed by atoms with Crippen LogP contribution in [0.4, 0.5) is 0 Å². The molecule has 0 rings (SSSR count). The smallest absolute Gasteiger partial charge is 0.325 e. The Balaban J connectivity index is 4.92. The van der Waals surface area contributed by atoms with Crippen LogP contribution in [0.2, 0.25) is 44.8 Å². The molecular weight excluding hydrogens is 350 g/mol. The molecule has 0 aliphatic heterocycles. The fraction of sp³-hybridized carbons (Fsp3) is 1.00. The second kappa shape index (κ2) is 11.3. The second-order valence-corrected chi connectivity index (χ2v) is 20.3. The van der Waals surface area contributed by atoms with Crippen molar-refractivity contribution in [2.75, 3.05) is 13.7 Å². The molecule has 7 heteroatoms. The summed E-state index contributed by atoms with van der Waals surface area (Å²) in [6.45, 7) is 16.5. The van der Waals surface area contributed by atoms with Gasteiger partial charge in [0.2, 0.25) is 0 Å². The molecule has 146 valence electrons. The molecular formula is C17H43NO3Si3. The van der Waals surface area contributed by atoms with Gasteiger partial charge in [-0.2, -0.15) is 0 Å². The van der Waals surface area contributed by atoms with Crippen molar-refractivity contribution in [3.8, 4) is 0 Å². The Morgan fingerprint density at radius 3 is 1.92 bits per heavy atom. The van der Waals surface area contributed by atoms with E-state index in [1.165, 1.54) is 25.7 Å². The highest BCUT2D eigenvalue weighted by molar-refractivity contribution is 6.86. The van der Waals surface area contributed by atoms with E-state index in [2.05, 4.69) is 46.6 Å². The van der Waals surface area contributed by atoms with Gasteiger partial charge in [-0.25, -0.2) is 0 Å². The van der Waals surface area contributed by atoms with E-state index in [4.69, 9.17) is 18.4 Å². The van der Waals surface area contributed by atoms with Crippen LogP contribution < -0.4 is 5.73 Å². The molecule has 4 nitrogen and oxygen atoms in total. The summed E-state index contributed by atoms with van der Waals surface area (Å²) in [5.74, 6) is 0.795. The summed E-state index contributed by atoms with van der Waals surface area (Å²) < 4.78 is 19.2. The van der Waals surface area contributed by atoms with Crippen LogP contribution in [-0.4, -0.2) is 39.1 Å². The standard InChI is InChI=1S/C17H43NO3Si3/c1-9-12-17(2)13-10-15-24(8,20-22(4,5)6)21-23(7,19-3)16-11-14-18/h17H,9-16,18H2,1-8H3. The van der Waals surface area contributed by atoms with Gasteiger partial charge >= 0.3 is 17.1 Å². The van der Waals surface area contributed by atoms with Crippen LogP contribution in [0.3, 0.4) is 0 Å². The highest BCUT2D eigenvalue weighted by Crippen LogP contribution is 2.29. The Hall–Kier alpha value is 0.491. The monoisotopic (exact) mass is 393 g/mol. The minimum Gasteiger partial charge on any atom is -0.437 e. The minimum atomic E-state index is -2.22. The molecule has 0 radical (unpaired) electrons. The van der Waals surface area contributed by atoms with Crippen molar-refractivity contribution in [3.63, 3.8) is 0 Å². The molecule has 0 aromatic rings. The van der Waals surface area contributed by atoms with Crippen molar-refractivity contribution in [3.05, 3.63) is 0 Å². The van der Waals surface area contributed by atoms with Crippen LogP contribution in [0.25, 0.3) is 0 Å². The van der Waals surface area contributed by atoms with Crippen molar-refractivity contribution in [2.45, 2.75) is 90.8 Å². The molecule has 0 saturated carbocycles. The van der Waals surface area contributed by atoms with E-state index in [1.54, 1.807) is 7.11 Å². The predicted octanol–water partition coefficient (Wildman–Crippen LogP) is 5.21. The molecule has 2 N–H and O–H groups in total. The van der Waals surface area contributed by atoms with Gasteiger partial charge in [0.15, 0.2) is 8.32 Å². The summed E-state index contributed by atoms with van der Waals surface area (Å²) in [4.78, 5) is 0. The zero-order chi connectivity index (χ0) is 18.9. The van der Waals surface area contributed by atoms with Gasteiger partial charge in [-0.15, -0.1) is 0 Å². The first kappa shape index (κ1) is 24.5. The Morgan fingerprint density at radius 1 is 0.875 bits per heavy atom. The fourth-order valence-corrected chi connectivity index (χ4v) is 16.1. The molecule has 0 heterocycles. The highest BCUT2D eigenvalue weighted by Gasteiger charge is 2.44. The van der Waals surface area contributed by atoms with E-state index in [-0.39, 0.29) is 0 Å². The van der Waals surface area contributed by atoms with Crippen molar-refractivity contribution in [1.82, 2.24) is 0 Å². The van der Waals surface area contributed by atoms with Crippen LogP contribution in [-0.2, 0) is 12.7 Å². The van der Waals surface area contributed by atoms with Crippen molar-refractivity contribution < 1.29 is 12.7 Å². The average molecular weight is 394 g/mol. The minimum absolute atomic E-state index is 0.691. The van der Waals surface area contributed by atoms with Gasteiger partial charge in [0.05, 0.1) is 0 Å². The van der Waals surface area contributed by atoms with Crippen molar-refractivity contribution in [2.24, 2.45) is 11.7 Å². The molecule has 0 fully saturated rings. The van der Waals surface area contributed by atoms with Gasteiger partial charge in [0.25, 0.3) is 0 Å². The maximum absolute atomic E-state index is 6.71. The quantitative estimate of drug-likeness (QED) is 0.412. The molecule has 0 spiro atoms. The third kappa shape index (κ3) is 11.2. The van der Waals surface area contributed by atoms with Gasteiger partial charge in [0, 0.05) is 7.11 Å². The van der Waals surface area contributed by atoms with Crippen molar-refractivity contribution >= 4 is 25.4 Å². The summed E-state index contributed by atoms with van der Waals surface area (Å²) >= 11 is 0. The molecule has 24 heavy (non-hydrogen) atoms. The average Bonchev–Trinajstić information content (AvgIpc) is 2.43. The molecule has 3 unspecified atom stereocenters. The Labute approximate surface area is 154 Å². The topological polar surface area (TPSA) is 53.7 Å². The van der Waals surface area contributed by atoms with E-state index in [0.717, 1.165) is 24.4 Å².